The molecule has 1 spiro atoms. The normalized spacial score (nSPS) is 24.3. The lowest BCUT2D eigenvalue weighted by atomic mass is 9.70. The number of fused-ring (bicyclic) bond motifs is 1. The number of aryl methyl sites for hydroxylation is 1. The zero-order chi connectivity index (χ0) is 12.1. The fraction of sp³-hybridized carbons (Fsp3) is 0.538. The third-order valence-electron chi connectivity index (χ3n) is 4.03. The predicted octanol–water partition coefficient (Wildman–Crippen LogP) is 2.36. The molecule has 1 aliphatic heterocycles. The van der Waals surface area contributed by atoms with Gasteiger partial charge in [0.2, 0.25) is 0 Å². The average Bonchev–Trinajstić information content (AvgIpc) is 2.32. The van der Waals surface area contributed by atoms with Gasteiger partial charge < -0.3 is 5.32 Å². The molecule has 1 heterocycles. The van der Waals surface area contributed by atoms with Crippen molar-refractivity contribution in [3.63, 3.8) is 0 Å². The van der Waals surface area contributed by atoms with Crippen molar-refractivity contribution >= 4 is 15.5 Å². The van der Waals surface area contributed by atoms with E-state index in [0.29, 0.717) is 10.6 Å². The molecule has 0 atom stereocenters. The van der Waals surface area contributed by atoms with Gasteiger partial charge in [0.25, 0.3) is 0 Å². The molecule has 3 nitrogen and oxygen atoms in total. The summed E-state index contributed by atoms with van der Waals surface area (Å²) in [5, 5.41) is 3.34. The second-order valence-corrected chi connectivity index (χ2v) is 7.42. The van der Waals surface area contributed by atoms with E-state index in [-0.39, 0.29) is 5.41 Å². The van der Waals surface area contributed by atoms with Crippen LogP contribution in [0.2, 0.25) is 0 Å². The quantitative estimate of drug-likeness (QED) is 0.770. The molecular formula is C13H17NO2S. The molecule has 1 fully saturated rings. The van der Waals surface area contributed by atoms with Crippen LogP contribution in [0.15, 0.2) is 23.1 Å². The van der Waals surface area contributed by atoms with Crippen molar-refractivity contribution in [1.29, 1.82) is 0 Å². The van der Waals surface area contributed by atoms with Crippen molar-refractivity contribution < 1.29 is 8.42 Å². The third-order valence-corrected chi connectivity index (χ3v) is 6.05. The van der Waals surface area contributed by atoms with Gasteiger partial charge in [-0.1, -0.05) is 12.5 Å². The van der Waals surface area contributed by atoms with E-state index in [1.807, 2.05) is 19.1 Å². The Bertz CT molecular complexity index is 559. The second kappa shape index (κ2) is 3.48. The minimum absolute atomic E-state index is 0.00818. The Morgan fingerprint density at radius 3 is 2.71 bits per heavy atom. The fourth-order valence-electron chi connectivity index (χ4n) is 2.87. The van der Waals surface area contributed by atoms with Gasteiger partial charge in [0.1, 0.15) is 0 Å². The van der Waals surface area contributed by atoms with Crippen LogP contribution in [0.5, 0.6) is 0 Å². The number of sulfone groups is 1. The van der Waals surface area contributed by atoms with Crippen LogP contribution in [-0.4, -0.2) is 20.7 Å². The number of hydrogen-bond acceptors (Lipinski definition) is 3. The number of hydrogen-bond donors (Lipinski definition) is 1. The largest absolute Gasteiger partial charge is 0.383 e. The van der Waals surface area contributed by atoms with Gasteiger partial charge in [0, 0.05) is 12.0 Å². The summed E-state index contributed by atoms with van der Waals surface area (Å²) in [6, 6.07) is 5.55. The third kappa shape index (κ3) is 1.75. The van der Waals surface area contributed by atoms with Crippen LogP contribution in [0.25, 0.3) is 0 Å². The number of rotatable bonds is 0. The summed E-state index contributed by atoms with van der Waals surface area (Å²) in [4.78, 5) is 0.479. The molecule has 92 valence electrons. The molecule has 4 heteroatoms. The molecule has 0 saturated heterocycles. The van der Waals surface area contributed by atoms with Crippen LogP contribution in [0.4, 0.5) is 5.69 Å². The Balaban J connectivity index is 2.10. The number of anilines is 1. The molecule has 17 heavy (non-hydrogen) atoms. The summed E-state index contributed by atoms with van der Waals surface area (Å²) in [6.45, 7) is 2.78. The SMILES string of the molecule is Cc1ccc2c(c1)NCC1(CCC1)CS2(=O)=O. The maximum absolute atomic E-state index is 12.4. The van der Waals surface area contributed by atoms with Gasteiger partial charge in [0.15, 0.2) is 9.84 Å². The van der Waals surface area contributed by atoms with Gasteiger partial charge in [-0.3, -0.25) is 0 Å². The van der Waals surface area contributed by atoms with Crippen LogP contribution in [0.3, 0.4) is 0 Å². The van der Waals surface area contributed by atoms with Gasteiger partial charge >= 0.3 is 0 Å². The highest BCUT2D eigenvalue weighted by Crippen LogP contribution is 2.45. The van der Waals surface area contributed by atoms with E-state index in [1.54, 1.807) is 6.07 Å². The molecule has 1 N–H and O–H groups in total. The van der Waals surface area contributed by atoms with E-state index >= 15 is 0 Å². The first-order valence-corrected chi connectivity index (χ1v) is 7.73. The summed E-state index contributed by atoms with van der Waals surface area (Å²) in [7, 11) is -3.13. The summed E-state index contributed by atoms with van der Waals surface area (Å²) in [6.07, 6.45) is 3.23. The highest BCUT2D eigenvalue weighted by Gasteiger charge is 2.43. The van der Waals surface area contributed by atoms with Gasteiger partial charge in [-0.2, -0.15) is 0 Å². The summed E-state index contributed by atoms with van der Waals surface area (Å²) in [5.74, 6) is 0.309. The molecule has 1 aliphatic carbocycles. The molecule has 1 aromatic rings. The Morgan fingerprint density at radius 1 is 1.29 bits per heavy atom. The Morgan fingerprint density at radius 2 is 2.06 bits per heavy atom. The molecule has 1 aromatic carbocycles. The highest BCUT2D eigenvalue weighted by atomic mass is 32.2. The van der Waals surface area contributed by atoms with Crippen molar-refractivity contribution in [2.45, 2.75) is 31.1 Å². The summed E-state index contributed by atoms with van der Waals surface area (Å²) >= 11 is 0. The Kier molecular flexibility index (Phi) is 2.27. The van der Waals surface area contributed by atoms with Crippen molar-refractivity contribution in [2.24, 2.45) is 5.41 Å². The molecular weight excluding hydrogens is 234 g/mol. The molecule has 0 amide bonds. The van der Waals surface area contributed by atoms with Gasteiger partial charge in [-0.15, -0.1) is 0 Å². The van der Waals surface area contributed by atoms with Gasteiger partial charge in [0.05, 0.1) is 16.3 Å². The molecule has 0 aromatic heterocycles. The van der Waals surface area contributed by atoms with Crippen molar-refractivity contribution in [3.8, 4) is 0 Å². The van der Waals surface area contributed by atoms with Crippen molar-refractivity contribution in [2.75, 3.05) is 17.6 Å². The first kappa shape index (κ1) is 11.1. The zero-order valence-corrected chi connectivity index (χ0v) is 10.8. The number of nitrogens with one attached hydrogen (secondary N) is 1. The standard InChI is InChI=1S/C13H17NO2S/c1-10-3-4-12-11(7-10)14-8-13(5-2-6-13)9-17(12,15)16/h3-4,7,14H,2,5-6,8-9H2,1H3. The van der Waals surface area contributed by atoms with Crippen LogP contribution in [0.1, 0.15) is 24.8 Å². The average molecular weight is 251 g/mol. The number of benzene rings is 1. The lowest BCUT2D eigenvalue weighted by Gasteiger charge is -2.40. The van der Waals surface area contributed by atoms with E-state index in [2.05, 4.69) is 5.32 Å². The second-order valence-electron chi connectivity index (χ2n) is 5.47. The summed E-state index contributed by atoms with van der Waals surface area (Å²) < 4.78 is 24.7. The maximum Gasteiger partial charge on any atom is 0.181 e. The highest BCUT2D eigenvalue weighted by molar-refractivity contribution is 7.91. The minimum atomic E-state index is -3.13. The van der Waals surface area contributed by atoms with Crippen LogP contribution in [-0.2, 0) is 9.84 Å². The molecule has 1 saturated carbocycles. The lowest BCUT2D eigenvalue weighted by Crippen LogP contribution is -2.40. The van der Waals surface area contributed by atoms with Crippen LogP contribution in [0, 0.1) is 12.3 Å². The molecule has 3 rings (SSSR count). The first-order valence-electron chi connectivity index (χ1n) is 6.08. The predicted molar refractivity (Wildman–Crippen MR) is 68.0 cm³/mol. The monoisotopic (exact) mass is 251 g/mol. The van der Waals surface area contributed by atoms with Gasteiger partial charge in [-0.05, 0) is 37.5 Å². The Hall–Kier alpha value is -1.03. The zero-order valence-electron chi connectivity index (χ0n) is 9.99. The van der Waals surface area contributed by atoms with E-state index in [0.717, 1.165) is 37.1 Å². The van der Waals surface area contributed by atoms with Crippen LogP contribution < -0.4 is 5.32 Å². The van der Waals surface area contributed by atoms with Gasteiger partial charge in [-0.25, -0.2) is 8.42 Å². The van der Waals surface area contributed by atoms with E-state index in [4.69, 9.17) is 0 Å². The molecule has 2 aliphatic rings. The minimum Gasteiger partial charge on any atom is -0.383 e. The molecule has 0 radical (unpaired) electrons. The first-order chi connectivity index (χ1) is 8.01. The fourth-order valence-corrected chi connectivity index (χ4v) is 4.96. The lowest BCUT2D eigenvalue weighted by molar-refractivity contribution is 0.184. The van der Waals surface area contributed by atoms with E-state index < -0.39 is 9.84 Å². The summed E-state index contributed by atoms with van der Waals surface area (Å²) in [5.41, 5.74) is 1.87. The van der Waals surface area contributed by atoms with Crippen molar-refractivity contribution in [3.05, 3.63) is 23.8 Å². The molecule has 0 unspecified atom stereocenters. The Labute approximate surface area is 102 Å². The van der Waals surface area contributed by atoms with E-state index in [1.165, 1.54) is 0 Å². The van der Waals surface area contributed by atoms with E-state index in [9.17, 15) is 8.42 Å². The van der Waals surface area contributed by atoms with Crippen molar-refractivity contribution in [1.82, 2.24) is 0 Å². The smallest absolute Gasteiger partial charge is 0.181 e. The topological polar surface area (TPSA) is 46.2 Å². The maximum atomic E-state index is 12.4. The molecule has 0 bridgehead atoms. The van der Waals surface area contributed by atoms with Crippen LogP contribution >= 0.6 is 0 Å².